The van der Waals surface area contributed by atoms with E-state index in [9.17, 15) is 4.79 Å². The zero-order chi connectivity index (χ0) is 16.7. The number of hydrogen-bond acceptors (Lipinski definition) is 3. The maximum absolute atomic E-state index is 13.0. The SMILES string of the molecule is Cc1ccc2nc([C@@H]3CCCN3C(=O)N3CCN(C)CC3)[nH]c2c1. The Balaban J connectivity index is 1.56. The molecule has 2 fully saturated rings. The minimum absolute atomic E-state index is 0.0739. The molecule has 6 nitrogen and oxygen atoms in total. The first kappa shape index (κ1) is 15.4. The highest BCUT2D eigenvalue weighted by Crippen LogP contribution is 2.32. The van der Waals surface area contributed by atoms with E-state index in [1.807, 2.05) is 15.9 Å². The molecule has 0 unspecified atom stereocenters. The average molecular weight is 327 g/mol. The number of imidazole rings is 1. The fraction of sp³-hybridized carbons (Fsp3) is 0.556. The first-order valence-electron chi connectivity index (χ1n) is 8.82. The van der Waals surface area contributed by atoms with E-state index in [0.29, 0.717) is 0 Å². The number of carbonyl (C=O) groups excluding carboxylic acids is 1. The van der Waals surface area contributed by atoms with Gasteiger partial charge in [-0.25, -0.2) is 9.78 Å². The highest BCUT2D eigenvalue weighted by molar-refractivity contribution is 5.77. The van der Waals surface area contributed by atoms with Crippen LogP contribution in [0.15, 0.2) is 18.2 Å². The number of urea groups is 1. The monoisotopic (exact) mass is 327 g/mol. The van der Waals surface area contributed by atoms with Crippen molar-refractivity contribution in [3.8, 4) is 0 Å². The largest absolute Gasteiger partial charge is 0.340 e. The van der Waals surface area contributed by atoms with Crippen molar-refractivity contribution in [2.75, 3.05) is 39.8 Å². The molecule has 2 saturated heterocycles. The fourth-order valence-corrected chi connectivity index (χ4v) is 3.76. The molecule has 0 bridgehead atoms. The van der Waals surface area contributed by atoms with E-state index in [1.54, 1.807) is 0 Å². The number of amides is 2. The van der Waals surface area contributed by atoms with Crippen LogP contribution in [0.2, 0.25) is 0 Å². The summed E-state index contributed by atoms with van der Waals surface area (Å²) in [5, 5.41) is 0. The Labute approximate surface area is 142 Å². The third-order valence-corrected chi connectivity index (χ3v) is 5.24. The van der Waals surface area contributed by atoms with Gasteiger partial charge in [0.05, 0.1) is 17.1 Å². The molecule has 6 heteroatoms. The second kappa shape index (κ2) is 6.09. The maximum Gasteiger partial charge on any atom is 0.320 e. The zero-order valence-corrected chi connectivity index (χ0v) is 14.5. The number of nitrogens with one attached hydrogen (secondary N) is 1. The van der Waals surface area contributed by atoms with Crippen molar-refractivity contribution >= 4 is 17.1 Å². The van der Waals surface area contributed by atoms with Crippen molar-refractivity contribution in [1.29, 1.82) is 0 Å². The van der Waals surface area contributed by atoms with E-state index in [0.717, 1.165) is 62.4 Å². The normalized spacial score (nSPS) is 22.5. The lowest BCUT2D eigenvalue weighted by atomic mass is 10.2. The van der Waals surface area contributed by atoms with Crippen LogP contribution in [0.25, 0.3) is 11.0 Å². The summed E-state index contributed by atoms with van der Waals surface area (Å²) in [5.41, 5.74) is 3.26. The van der Waals surface area contributed by atoms with Crippen LogP contribution in [-0.2, 0) is 0 Å². The lowest BCUT2D eigenvalue weighted by Crippen LogP contribution is -2.51. The summed E-state index contributed by atoms with van der Waals surface area (Å²) < 4.78 is 0. The number of nitrogens with zero attached hydrogens (tertiary/aromatic N) is 4. The van der Waals surface area contributed by atoms with Gasteiger partial charge < -0.3 is 19.7 Å². The van der Waals surface area contributed by atoms with Crippen molar-refractivity contribution in [2.45, 2.75) is 25.8 Å². The van der Waals surface area contributed by atoms with Crippen molar-refractivity contribution < 1.29 is 4.79 Å². The van der Waals surface area contributed by atoms with Gasteiger partial charge in [-0.2, -0.15) is 0 Å². The molecule has 2 aliphatic rings. The van der Waals surface area contributed by atoms with E-state index >= 15 is 0 Å². The number of likely N-dealkylation sites (tertiary alicyclic amines) is 1. The molecule has 0 spiro atoms. The van der Waals surface area contributed by atoms with Crippen LogP contribution in [0.4, 0.5) is 4.79 Å². The Bertz CT molecular complexity index is 747. The number of aryl methyl sites for hydroxylation is 1. The molecule has 1 N–H and O–H groups in total. The Morgan fingerprint density at radius 3 is 2.79 bits per heavy atom. The number of H-pyrrole nitrogens is 1. The molecular formula is C18H25N5O. The van der Waals surface area contributed by atoms with Gasteiger partial charge in [0.1, 0.15) is 5.82 Å². The molecule has 1 aromatic heterocycles. The molecule has 3 heterocycles. The molecule has 2 aliphatic heterocycles. The maximum atomic E-state index is 13.0. The number of likely N-dealkylation sites (N-methyl/N-ethyl adjacent to an activating group) is 1. The predicted molar refractivity (Wildman–Crippen MR) is 94.0 cm³/mol. The Morgan fingerprint density at radius 1 is 1.21 bits per heavy atom. The average Bonchev–Trinajstić information content (AvgIpc) is 3.20. The third-order valence-electron chi connectivity index (χ3n) is 5.24. The summed E-state index contributed by atoms with van der Waals surface area (Å²) in [5.74, 6) is 0.926. The highest BCUT2D eigenvalue weighted by Gasteiger charge is 2.35. The molecule has 1 atom stereocenters. The Kier molecular flexibility index (Phi) is 3.92. The van der Waals surface area contributed by atoms with Crippen LogP contribution in [0.1, 0.15) is 30.3 Å². The fourth-order valence-electron chi connectivity index (χ4n) is 3.76. The number of fused-ring (bicyclic) bond motifs is 1. The topological polar surface area (TPSA) is 55.5 Å². The summed E-state index contributed by atoms with van der Waals surface area (Å²) in [7, 11) is 2.11. The van der Waals surface area contributed by atoms with Crippen LogP contribution >= 0.6 is 0 Å². The standard InChI is InChI=1S/C18H25N5O/c1-13-5-6-14-15(12-13)20-17(19-14)16-4-3-7-23(16)18(24)22-10-8-21(2)9-11-22/h5-6,12,16H,3-4,7-11H2,1-2H3,(H,19,20)/t16-/m0/s1. The summed E-state index contributed by atoms with van der Waals surface area (Å²) in [6, 6.07) is 6.49. The van der Waals surface area contributed by atoms with Crippen LogP contribution in [0, 0.1) is 6.92 Å². The smallest absolute Gasteiger partial charge is 0.320 e. The van der Waals surface area contributed by atoms with Gasteiger partial charge in [-0.15, -0.1) is 0 Å². The molecule has 0 saturated carbocycles. The molecule has 0 radical (unpaired) electrons. The van der Waals surface area contributed by atoms with Crippen LogP contribution in [0.5, 0.6) is 0 Å². The molecule has 0 aliphatic carbocycles. The zero-order valence-electron chi connectivity index (χ0n) is 14.5. The van der Waals surface area contributed by atoms with Gasteiger partial charge in [-0.05, 0) is 44.5 Å². The number of aromatic nitrogens is 2. The number of piperazine rings is 1. The summed E-state index contributed by atoms with van der Waals surface area (Å²) >= 11 is 0. The highest BCUT2D eigenvalue weighted by atomic mass is 16.2. The number of carbonyl (C=O) groups is 1. The van der Waals surface area contributed by atoms with Gasteiger partial charge in [0.2, 0.25) is 0 Å². The van der Waals surface area contributed by atoms with E-state index in [-0.39, 0.29) is 12.1 Å². The predicted octanol–water partition coefficient (Wildman–Crippen LogP) is 2.38. The van der Waals surface area contributed by atoms with Crippen molar-refractivity contribution in [2.24, 2.45) is 0 Å². The molecule has 2 amide bonds. The van der Waals surface area contributed by atoms with Gasteiger partial charge in [0, 0.05) is 32.7 Å². The third kappa shape index (κ3) is 2.75. The first-order chi connectivity index (χ1) is 11.6. The summed E-state index contributed by atoms with van der Waals surface area (Å²) in [6.07, 6.45) is 2.03. The van der Waals surface area contributed by atoms with Gasteiger partial charge in [-0.3, -0.25) is 0 Å². The van der Waals surface area contributed by atoms with Crippen molar-refractivity contribution in [1.82, 2.24) is 24.7 Å². The molecule has 24 heavy (non-hydrogen) atoms. The van der Waals surface area contributed by atoms with E-state index < -0.39 is 0 Å². The first-order valence-corrected chi connectivity index (χ1v) is 8.82. The lowest BCUT2D eigenvalue weighted by Gasteiger charge is -2.36. The van der Waals surface area contributed by atoms with E-state index in [1.165, 1.54) is 5.56 Å². The van der Waals surface area contributed by atoms with Crippen LogP contribution in [0.3, 0.4) is 0 Å². The van der Waals surface area contributed by atoms with Crippen molar-refractivity contribution in [3.63, 3.8) is 0 Å². The molecule has 128 valence electrons. The number of hydrogen-bond donors (Lipinski definition) is 1. The Morgan fingerprint density at radius 2 is 2.00 bits per heavy atom. The van der Waals surface area contributed by atoms with E-state index in [2.05, 4.69) is 36.0 Å². The molecular weight excluding hydrogens is 302 g/mol. The van der Waals surface area contributed by atoms with Crippen molar-refractivity contribution in [3.05, 3.63) is 29.6 Å². The number of rotatable bonds is 1. The van der Waals surface area contributed by atoms with Crippen LogP contribution < -0.4 is 0 Å². The van der Waals surface area contributed by atoms with Gasteiger partial charge in [0.15, 0.2) is 0 Å². The van der Waals surface area contributed by atoms with E-state index in [4.69, 9.17) is 4.98 Å². The number of benzene rings is 1. The quantitative estimate of drug-likeness (QED) is 0.875. The molecule has 1 aromatic carbocycles. The second-order valence-electron chi connectivity index (χ2n) is 7.07. The molecule has 4 rings (SSSR count). The minimum atomic E-state index is 0.0739. The summed E-state index contributed by atoms with van der Waals surface area (Å²) in [6.45, 7) is 6.45. The summed E-state index contributed by atoms with van der Waals surface area (Å²) in [4.78, 5) is 27.4. The van der Waals surface area contributed by atoms with Gasteiger partial charge in [-0.1, -0.05) is 6.07 Å². The van der Waals surface area contributed by atoms with Crippen LogP contribution in [-0.4, -0.2) is 70.5 Å². The van der Waals surface area contributed by atoms with Gasteiger partial charge >= 0.3 is 6.03 Å². The van der Waals surface area contributed by atoms with Gasteiger partial charge in [0.25, 0.3) is 0 Å². The minimum Gasteiger partial charge on any atom is -0.340 e. The Hall–Kier alpha value is -2.08. The molecule has 2 aromatic rings. The number of aromatic amines is 1. The lowest BCUT2D eigenvalue weighted by molar-refractivity contribution is 0.118. The second-order valence-corrected chi connectivity index (χ2v) is 7.07.